The Labute approximate surface area is 174 Å². The fourth-order valence-corrected chi connectivity index (χ4v) is 1.98. The van der Waals surface area contributed by atoms with Gasteiger partial charge in [0.2, 0.25) is 5.91 Å². The van der Waals surface area contributed by atoms with Gasteiger partial charge in [0.1, 0.15) is 6.54 Å². The van der Waals surface area contributed by atoms with Crippen molar-refractivity contribution >= 4 is 35.8 Å². The van der Waals surface area contributed by atoms with Gasteiger partial charge in [-0.3, -0.25) is 4.79 Å². The van der Waals surface area contributed by atoms with E-state index in [1.54, 1.807) is 34.2 Å². The molecule has 1 amide bonds. The highest BCUT2D eigenvalue weighted by Gasteiger charge is 2.30. The highest BCUT2D eigenvalue weighted by molar-refractivity contribution is 14.0. The molecule has 2 N–H and O–H groups in total. The third-order valence-electron chi connectivity index (χ3n) is 3.54. The molecule has 0 aliphatic rings. The van der Waals surface area contributed by atoms with E-state index in [9.17, 15) is 18.0 Å². The molecule has 154 valence electrons. The number of hydrogen-bond donors (Lipinski definition) is 2. The lowest BCUT2D eigenvalue weighted by Gasteiger charge is -2.20. The SMILES string of the molecule is COCCNC(=NCC(=O)N(C)C)NC(C)c1cccc(C(F)(F)F)c1.I. The van der Waals surface area contributed by atoms with Gasteiger partial charge in [0, 0.05) is 27.7 Å². The predicted octanol–water partition coefficient (Wildman–Crippen LogP) is 2.65. The number of rotatable bonds is 7. The minimum absolute atomic E-state index is 0. The first-order valence-corrected chi connectivity index (χ1v) is 8.06. The maximum atomic E-state index is 12.9. The van der Waals surface area contributed by atoms with Gasteiger partial charge in [-0.05, 0) is 24.6 Å². The normalized spacial score (nSPS) is 12.8. The first-order valence-electron chi connectivity index (χ1n) is 8.06. The lowest BCUT2D eigenvalue weighted by molar-refractivity contribution is -0.137. The average Bonchev–Trinajstić information content (AvgIpc) is 2.58. The largest absolute Gasteiger partial charge is 0.416 e. The lowest BCUT2D eigenvalue weighted by atomic mass is 10.1. The van der Waals surface area contributed by atoms with Crippen LogP contribution < -0.4 is 10.6 Å². The molecule has 1 aromatic carbocycles. The second-order valence-corrected chi connectivity index (χ2v) is 5.86. The number of likely N-dealkylation sites (N-methyl/N-ethyl adjacent to an activating group) is 1. The molecule has 1 atom stereocenters. The minimum Gasteiger partial charge on any atom is -0.383 e. The van der Waals surface area contributed by atoms with Crippen molar-refractivity contribution < 1.29 is 22.7 Å². The Morgan fingerprint density at radius 3 is 2.56 bits per heavy atom. The van der Waals surface area contributed by atoms with Crippen LogP contribution in [0, 0.1) is 0 Å². The van der Waals surface area contributed by atoms with E-state index in [2.05, 4.69) is 15.6 Å². The zero-order chi connectivity index (χ0) is 19.7. The number of amides is 1. The number of alkyl halides is 3. The molecule has 1 rings (SSSR count). The summed E-state index contributed by atoms with van der Waals surface area (Å²) >= 11 is 0. The fraction of sp³-hybridized carbons (Fsp3) is 0.529. The Kier molecular flexibility index (Phi) is 11.3. The Hall–Kier alpha value is -1.56. The number of hydrogen-bond acceptors (Lipinski definition) is 3. The summed E-state index contributed by atoms with van der Waals surface area (Å²) in [7, 11) is 4.79. The quantitative estimate of drug-likeness (QED) is 0.261. The number of halogens is 4. The molecule has 1 unspecified atom stereocenters. The third kappa shape index (κ3) is 9.27. The molecule has 0 aliphatic heterocycles. The van der Waals surface area contributed by atoms with E-state index >= 15 is 0 Å². The Balaban J connectivity index is 0.00000676. The van der Waals surface area contributed by atoms with Gasteiger partial charge in [0.05, 0.1) is 18.2 Å². The Bertz CT molecular complexity index is 624. The smallest absolute Gasteiger partial charge is 0.383 e. The number of methoxy groups -OCH3 is 1. The number of nitrogens with one attached hydrogen (secondary N) is 2. The molecule has 0 radical (unpaired) electrons. The minimum atomic E-state index is -4.40. The van der Waals surface area contributed by atoms with Crippen LogP contribution in [0.25, 0.3) is 0 Å². The number of carbonyl (C=O) groups is 1. The molecule has 0 aromatic heterocycles. The summed E-state index contributed by atoms with van der Waals surface area (Å²) < 4.78 is 43.6. The van der Waals surface area contributed by atoms with Crippen molar-refractivity contribution in [3.8, 4) is 0 Å². The van der Waals surface area contributed by atoms with E-state index < -0.39 is 17.8 Å². The standard InChI is InChI=1S/C17H25F3N4O2.HI/c1-12(13-6-5-7-14(10-13)17(18,19)20)23-16(21-8-9-26-4)22-11-15(25)24(2)3;/h5-7,10,12H,8-9,11H2,1-4H3,(H2,21,22,23);1H. The van der Waals surface area contributed by atoms with Crippen molar-refractivity contribution in [3.05, 3.63) is 35.4 Å². The first kappa shape index (κ1) is 25.4. The molecule has 0 aliphatic carbocycles. The predicted molar refractivity (Wildman–Crippen MR) is 109 cm³/mol. The van der Waals surface area contributed by atoms with Crippen LogP contribution in [0.1, 0.15) is 24.1 Å². The first-order chi connectivity index (χ1) is 12.1. The van der Waals surface area contributed by atoms with E-state index in [-0.39, 0.29) is 36.4 Å². The third-order valence-corrected chi connectivity index (χ3v) is 3.54. The van der Waals surface area contributed by atoms with Crippen molar-refractivity contribution in [2.45, 2.75) is 19.1 Å². The molecule has 0 saturated heterocycles. The van der Waals surface area contributed by atoms with Gasteiger partial charge in [0.25, 0.3) is 0 Å². The van der Waals surface area contributed by atoms with Gasteiger partial charge in [-0.15, -0.1) is 24.0 Å². The van der Waals surface area contributed by atoms with Crippen molar-refractivity contribution in [1.29, 1.82) is 0 Å². The zero-order valence-electron chi connectivity index (χ0n) is 15.8. The Morgan fingerprint density at radius 2 is 2.00 bits per heavy atom. The van der Waals surface area contributed by atoms with Crippen molar-refractivity contribution in [2.24, 2.45) is 4.99 Å². The van der Waals surface area contributed by atoms with Gasteiger partial charge >= 0.3 is 6.18 Å². The van der Waals surface area contributed by atoms with E-state index in [0.29, 0.717) is 24.7 Å². The molecule has 1 aromatic rings. The summed E-state index contributed by atoms with van der Waals surface area (Å²) in [6.07, 6.45) is -4.40. The number of carbonyl (C=O) groups excluding carboxylic acids is 1. The summed E-state index contributed by atoms with van der Waals surface area (Å²) in [5.41, 5.74) is -0.253. The molecular weight excluding hydrogens is 476 g/mol. The number of benzene rings is 1. The molecule has 0 bridgehead atoms. The van der Waals surface area contributed by atoms with Crippen LogP contribution in [-0.4, -0.2) is 57.7 Å². The number of nitrogens with zero attached hydrogens (tertiary/aromatic N) is 2. The van der Waals surface area contributed by atoms with Crippen LogP contribution in [-0.2, 0) is 15.7 Å². The van der Waals surface area contributed by atoms with E-state index in [1.165, 1.54) is 11.0 Å². The number of aliphatic imine (C=N–C) groups is 1. The van der Waals surface area contributed by atoms with Crippen LogP contribution in [0.3, 0.4) is 0 Å². The molecular formula is C17H26F3IN4O2. The van der Waals surface area contributed by atoms with Crippen LogP contribution >= 0.6 is 24.0 Å². The van der Waals surface area contributed by atoms with Crippen LogP contribution in [0.15, 0.2) is 29.3 Å². The highest BCUT2D eigenvalue weighted by Crippen LogP contribution is 2.30. The van der Waals surface area contributed by atoms with Gasteiger partial charge in [0.15, 0.2) is 5.96 Å². The highest BCUT2D eigenvalue weighted by atomic mass is 127. The molecule has 0 saturated carbocycles. The number of ether oxygens (including phenoxy) is 1. The van der Waals surface area contributed by atoms with Crippen molar-refractivity contribution in [2.75, 3.05) is 40.9 Å². The van der Waals surface area contributed by atoms with Crippen LogP contribution in [0.2, 0.25) is 0 Å². The summed E-state index contributed by atoms with van der Waals surface area (Å²) in [6, 6.07) is 4.64. The number of guanidine groups is 1. The van der Waals surface area contributed by atoms with Gasteiger partial charge in [-0.25, -0.2) is 4.99 Å². The van der Waals surface area contributed by atoms with Crippen LogP contribution in [0.5, 0.6) is 0 Å². The molecule has 0 fully saturated rings. The van der Waals surface area contributed by atoms with Gasteiger partial charge in [-0.1, -0.05) is 12.1 Å². The second kappa shape index (κ2) is 12.0. The maximum Gasteiger partial charge on any atom is 0.416 e. The molecule has 0 heterocycles. The Morgan fingerprint density at radius 1 is 1.33 bits per heavy atom. The monoisotopic (exact) mass is 502 g/mol. The van der Waals surface area contributed by atoms with E-state index in [4.69, 9.17) is 4.74 Å². The summed E-state index contributed by atoms with van der Waals surface area (Å²) in [4.78, 5) is 17.3. The molecule has 6 nitrogen and oxygen atoms in total. The average molecular weight is 502 g/mol. The van der Waals surface area contributed by atoms with Crippen molar-refractivity contribution in [3.63, 3.8) is 0 Å². The van der Waals surface area contributed by atoms with Crippen molar-refractivity contribution in [1.82, 2.24) is 15.5 Å². The topological polar surface area (TPSA) is 66.0 Å². The van der Waals surface area contributed by atoms with Gasteiger partial charge < -0.3 is 20.3 Å². The maximum absolute atomic E-state index is 12.9. The molecule has 0 spiro atoms. The molecule has 27 heavy (non-hydrogen) atoms. The fourth-order valence-electron chi connectivity index (χ4n) is 1.98. The van der Waals surface area contributed by atoms with E-state index in [0.717, 1.165) is 12.1 Å². The lowest BCUT2D eigenvalue weighted by Crippen LogP contribution is -2.41. The van der Waals surface area contributed by atoms with E-state index in [1.807, 2.05) is 0 Å². The summed E-state index contributed by atoms with van der Waals surface area (Å²) in [5.74, 6) is 0.131. The van der Waals surface area contributed by atoms with Crippen LogP contribution in [0.4, 0.5) is 13.2 Å². The molecule has 10 heteroatoms. The summed E-state index contributed by atoms with van der Waals surface area (Å²) in [6.45, 7) is 2.50. The zero-order valence-corrected chi connectivity index (χ0v) is 18.1. The summed E-state index contributed by atoms with van der Waals surface area (Å²) in [5, 5.41) is 5.99. The van der Waals surface area contributed by atoms with Gasteiger partial charge in [-0.2, -0.15) is 13.2 Å². The second-order valence-electron chi connectivity index (χ2n) is 5.86.